The van der Waals surface area contributed by atoms with Crippen LogP contribution in [0.4, 0.5) is 13.2 Å². The van der Waals surface area contributed by atoms with Gasteiger partial charge in [-0.1, -0.05) is 0 Å². The second-order valence-corrected chi connectivity index (χ2v) is 3.37. The zero-order valence-electron chi connectivity index (χ0n) is 7.86. The zero-order chi connectivity index (χ0) is 11.9. The van der Waals surface area contributed by atoms with Crippen LogP contribution in [-0.4, -0.2) is 34.1 Å². The lowest BCUT2D eigenvalue weighted by atomic mass is 10.2. The summed E-state index contributed by atoms with van der Waals surface area (Å²) < 4.78 is 43.1. The summed E-state index contributed by atoms with van der Waals surface area (Å²) in [6.07, 6.45) is -3.87. The summed E-state index contributed by atoms with van der Waals surface area (Å²) in [6, 6.07) is -0.311. The number of nitrogens with zero attached hydrogens (tertiary/aromatic N) is 2. The van der Waals surface area contributed by atoms with Crippen molar-refractivity contribution < 1.29 is 27.8 Å². The van der Waals surface area contributed by atoms with E-state index in [4.69, 9.17) is 9.84 Å². The van der Waals surface area contributed by atoms with Crippen LogP contribution in [0.2, 0.25) is 0 Å². The molecule has 1 aromatic rings. The molecule has 0 radical (unpaired) electrons. The molecule has 0 aromatic carbocycles. The average molecular weight is 236 g/mol. The summed E-state index contributed by atoms with van der Waals surface area (Å²) >= 11 is 0. The van der Waals surface area contributed by atoms with Crippen molar-refractivity contribution >= 4 is 5.97 Å². The molecule has 0 atom stereocenters. The second-order valence-electron chi connectivity index (χ2n) is 3.37. The molecule has 1 aliphatic heterocycles. The predicted octanol–water partition coefficient (Wildman–Crippen LogP) is 1.17. The van der Waals surface area contributed by atoms with Crippen LogP contribution in [0, 0.1) is 0 Å². The highest BCUT2D eigenvalue weighted by atomic mass is 19.4. The number of carbonyl (C=O) groups is 1. The van der Waals surface area contributed by atoms with Gasteiger partial charge in [0.1, 0.15) is 5.56 Å². The molecule has 1 N–H and O–H groups in total. The van der Waals surface area contributed by atoms with Gasteiger partial charge in [0.15, 0.2) is 5.69 Å². The fraction of sp³-hybridized carbons (Fsp3) is 0.500. The minimum absolute atomic E-state index is 0.248. The van der Waals surface area contributed by atoms with Gasteiger partial charge >= 0.3 is 12.1 Å². The molecule has 0 amide bonds. The van der Waals surface area contributed by atoms with Crippen molar-refractivity contribution in [3.05, 3.63) is 17.5 Å². The third-order valence-corrected chi connectivity index (χ3v) is 2.23. The van der Waals surface area contributed by atoms with Crippen LogP contribution in [-0.2, 0) is 10.9 Å². The van der Waals surface area contributed by atoms with Crippen molar-refractivity contribution in [3.63, 3.8) is 0 Å². The van der Waals surface area contributed by atoms with Gasteiger partial charge in [-0.3, -0.25) is 4.68 Å². The van der Waals surface area contributed by atoms with Gasteiger partial charge < -0.3 is 9.84 Å². The average Bonchev–Trinajstić information content (AvgIpc) is 2.44. The maximum absolute atomic E-state index is 12.4. The molecule has 5 nitrogen and oxygen atoms in total. The van der Waals surface area contributed by atoms with Crippen molar-refractivity contribution in [2.75, 3.05) is 13.2 Å². The third kappa shape index (κ3) is 1.75. The van der Waals surface area contributed by atoms with Crippen LogP contribution in [0.25, 0.3) is 0 Å². The fourth-order valence-corrected chi connectivity index (χ4v) is 1.32. The molecule has 88 valence electrons. The number of aromatic carboxylic acids is 1. The summed E-state index contributed by atoms with van der Waals surface area (Å²) in [5.74, 6) is -1.64. The van der Waals surface area contributed by atoms with Gasteiger partial charge in [0, 0.05) is 6.20 Å². The monoisotopic (exact) mass is 236 g/mol. The predicted molar refractivity (Wildman–Crippen MR) is 44.0 cm³/mol. The Hall–Kier alpha value is -1.57. The Bertz CT molecular complexity index is 423. The number of ether oxygens (including phenoxy) is 1. The lowest BCUT2D eigenvalue weighted by Crippen LogP contribution is -2.31. The van der Waals surface area contributed by atoms with Crippen LogP contribution in [0.5, 0.6) is 0 Å². The minimum Gasteiger partial charge on any atom is -0.478 e. The molecule has 0 unspecified atom stereocenters. The minimum atomic E-state index is -4.76. The molecule has 2 rings (SSSR count). The molecular formula is C8H7F3N2O3. The first kappa shape index (κ1) is 10.9. The van der Waals surface area contributed by atoms with E-state index in [0.717, 1.165) is 10.9 Å². The molecule has 0 saturated carbocycles. The first-order valence-electron chi connectivity index (χ1n) is 4.37. The fourth-order valence-electron chi connectivity index (χ4n) is 1.32. The number of carboxylic acid groups (broad SMARTS) is 1. The lowest BCUT2D eigenvalue weighted by molar-refractivity contribution is -0.142. The van der Waals surface area contributed by atoms with Crippen LogP contribution >= 0.6 is 0 Å². The Morgan fingerprint density at radius 2 is 2.19 bits per heavy atom. The molecule has 1 aromatic heterocycles. The molecule has 16 heavy (non-hydrogen) atoms. The van der Waals surface area contributed by atoms with E-state index in [0.29, 0.717) is 0 Å². The molecule has 8 heteroatoms. The molecular weight excluding hydrogens is 229 g/mol. The van der Waals surface area contributed by atoms with E-state index < -0.39 is 23.4 Å². The van der Waals surface area contributed by atoms with E-state index >= 15 is 0 Å². The number of rotatable bonds is 2. The number of carboxylic acids is 1. The number of alkyl halides is 3. The Labute approximate surface area is 87.4 Å². The van der Waals surface area contributed by atoms with Gasteiger partial charge in [0.25, 0.3) is 0 Å². The van der Waals surface area contributed by atoms with Crippen molar-refractivity contribution in [2.45, 2.75) is 12.2 Å². The summed E-state index contributed by atoms with van der Waals surface area (Å²) in [5.41, 5.74) is -2.20. The SMILES string of the molecule is O=C(O)c1cn(C2COC2)nc1C(F)(F)F. The van der Waals surface area contributed by atoms with Gasteiger partial charge in [0.2, 0.25) is 0 Å². The first-order valence-corrected chi connectivity index (χ1v) is 4.37. The van der Waals surface area contributed by atoms with E-state index in [9.17, 15) is 18.0 Å². The molecule has 1 fully saturated rings. The standard InChI is InChI=1S/C8H7F3N2O3/c9-8(10,11)6-5(7(14)15)1-13(12-6)4-2-16-3-4/h1,4H,2-3H2,(H,14,15). The maximum atomic E-state index is 12.4. The van der Waals surface area contributed by atoms with Gasteiger partial charge in [-0.25, -0.2) is 4.79 Å². The summed E-state index contributed by atoms with van der Waals surface area (Å²) in [5, 5.41) is 11.9. The van der Waals surface area contributed by atoms with Crippen molar-refractivity contribution in [1.29, 1.82) is 0 Å². The molecule has 2 heterocycles. The van der Waals surface area contributed by atoms with Crippen molar-refractivity contribution in [2.24, 2.45) is 0 Å². The second kappa shape index (κ2) is 3.48. The van der Waals surface area contributed by atoms with Gasteiger partial charge in [0.05, 0.1) is 19.3 Å². The number of hydrogen-bond acceptors (Lipinski definition) is 3. The van der Waals surface area contributed by atoms with Gasteiger partial charge in [-0.05, 0) is 0 Å². The Balaban J connectivity index is 2.41. The largest absolute Gasteiger partial charge is 0.478 e. The highest BCUT2D eigenvalue weighted by Crippen LogP contribution is 2.32. The quantitative estimate of drug-likeness (QED) is 0.837. The molecule has 0 bridgehead atoms. The topological polar surface area (TPSA) is 64.3 Å². The van der Waals surface area contributed by atoms with Crippen LogP contribution < -0.4 is 0 Å². The Morgan fingerprint density at radius 3 is 2.50 bits per heavy atom. The molecule has 1 aliphatic rings. The smallest absolute Gasteiger partial charge is 0.436 e. The van der Waals surface area contributed by atoms with Crippen LogP contribution in [0.15, 0.2) is 6.20 Å². The number of hydrogen-bond donors (Lipinski definition) is 1. The Kier molecular flexibility index (Phi) is 2.38. The maximum Gasteiger partial charge on any atom is 0.436 e. The van der Waals surface area contributed by atoms with E-state index in [1.165, 1.54) is 0 Å². The zero-order valence-corrected chi connectivity index (χ0v) is 7.86. The summed E-state index contributed by atoms with van der Waals surface area (Å²) in [6.45, 7) is 0.496. The molecule has 0 aliphatic carbocycles. The van der Waals surface area contributed by atoms with E-state index in [-0.39, 0.29) is 19.3 Å². The van der Waals surface area contributed by atoms with Crippen molar-refractivity contribution in [3.8, 4) is 0 Å². The third-order valence-electron chi connectivity index (χ3n) is 2.23. The number of halogens is 3. The summed E-state index contributed by atoms with van der Waals surface area (Å²) in [4.78, 5) is 10.6. The van der Waals surface area contributed by atoms with Gasteiger partial charge in [-0.15, -0.1) is 0 Å². The highest BCUT2D eigenvalue weighted by molar-refractivity contribution is 5.88. The van der Waals surface area contributed by atoms with E-state index in [1.54, 1.807) is 0 Å². The van der Waals surface area contributed by atoms with E-state index in [2.05, 4.69) is 5.10 Å². The van der Waals surface area contributed by atoms with E-state index in [1.807, 2.05) is 0 Å². The van der Waals surface area contributed by atoms with Crippen LogP contribution in [0.3, 0.4) is 0 Å². The molecule has 1 saturated heterocycles. The number of aromatic nitrogens is 2. The van der Waals surface area contributed by atoms with Gasteiger partial charge in [-0.2, -0.15) is 18.3 Å². The normalized spacial score (nSPS) is 17.2. The highest BCUT2D eigenvalue weighted by Gasteiger charge is 2.40. The molecule has 0 spiro atoms. The lowest BCUT2D eigenvalue weighted by Gasteiger charge is -2.25. The Morgan fingerprint density at radius 1 is 1.56 bits per heavy atom. The van der Waals surface area contributed by atoms with Crippen molar-refractivity contribution in [1.82, 2.24) is 9.78 Å². The van der Waals surface area contributed by atoms with Crippen LogP contribution in [0.1, 0.15) is 22.1 Å². The summed E-state index contributed by atoms with van der Waals surface area (Å²) in [7, 11) is 0. The first-order chi connectivity index (χ1) is 7.39.